The highest BCUT2D eigenvalue weighted by atomic mass is 16.5. The number of hydrogen-bond donors (Lipinski definition) is 0. The number of aryl methyl sites for hydroxylation is 1. The second kappa shape index (κ2) is 7.68. The Balaban J connectivity index is 1.39. The van der Waals surface area contributed by atoms with Gasteiger partial charge in [0.2, 0.25) is 5.88 Å². The van der Waals surface area contributed by atoms with Gasteiger partial charge >= 0.3 is 6.09 Å². The molecule has 1 amide bonds. The Kier molecular flexibility index (Phi) is 5.37. The van der Waals surface area contributed by atoms with E-state index in [1.54, 1.807) is 17.9 Å². The minimum absolute atomic E-state index is 0.212. The third-order valence-corrected chi connectivity index (χ3v) is 5.22. The van der Waals surface area contributed by atoms with Crippen molar-refractivity contribution in [3.63, 3.8) is 0 Å². The third kappa shape index (κ3) is 4.38. The minimum atomic E-state index is -0.212. The molecule has 1 aromatic heterocycles. The summed E-state index contributed by atoms with van der Waals surface area (Å²) < 4.78 is 10.5. The molecule has 2 heterocycles. The maximum absolute atomic E-state index is 11.5. The number of rotatable bonds is 5. The standard InChI is InChI=1S/C18H24N4O3/c1-12-20-15(11-19)10-17(21-12)25-8-5-14-9-16(14)13-3-6-22(7-4-13)18(23)24-2/h10,13-14,16H,3-9H2,1-2H3. The van der Waals surface area contributed by atoms with Crippen LogP contribution in [0.1, 0.15) is 37.2 Å². The van der Waals surface area contributed by atoms with E-state index in [-0.39, 0.29) is 6.09 Å². The van der Waals surface area contributed by atoms with Crippen molar-refractivity contribution in [1.29, 1.82) is 5.26 Å². The van der Waals surface area contributed by atoms with Gasteiger partial charge in [-0.25, -0.2) is 9.78 Å². The summed E-state index contributed by atoms with van der Waals surface area (Å²) in [5, 5.41) is 8.93. The Morgan fingerprint density at radius 2 is 2.16 bits per heavy atom. The van der Waals surface area contributed by atoms with Crippen molar-refractivity contribution < 1.29 is 14.3 Å². The van der Waals surface area contributed by atoms with Crippen LogP contribution < -0.4 is 4.74 Å². The number of ether oxygens (including phenoxy) is 2. The lowest BCUT2D eigenvalue weighted by Gasteiger charge is -2.31. The van der Waals surface area contributed by atoms with E-state index in [1.165, 1.54) is 13.5 Å². The lowest BCUT2D eigenvalue weighted by Crippen LogP contribution is -2.38. The Hall–Kier alpha value is -2.36. The van der Waals surface area contributed by atoms with E-state index in [1.807, 2.05) is 6.07 Å². The van der Waals surface area contributed by atoms with E-state index in [4.69, 9.17) is 14.7 Å². The van der Waals surface area contributed by atoms with Crippen LogP contribution in [0.15, 0.2) is 6.07 Å². The average molecular weight is 344 g/mol. The fourth-order valence-corrected chi connectivity index (χ4v) is 3.81. The number of hydrogen-bond acceptors (Lipinski definition) is 6. The number of nitriles is 1. The molecule has 7 nitrogen and oxygen atoms in total. The topological polar surface area (TPSA) is 88.3 Å². The third-order valence-electron chi connectivity index (χ3n) is 5.22. The molecule has 1 saturated carbocycles. The quantitative estimate of drug-likeness (QED) is 0.815. The first-order valence-corrected chi connectivity index (χ1v) is 8.82. The lowest BCUT2D eigenvalue weighted by molar-refractivity contribution is 0.102. The van der Waals surface area contributed by atoms with E-state index < -0.39 is 0 Å². The van der Waals surface area contributed by atoms with Crippen molar-refractivity contribution in [2.75, 3.05) is 26.8 Å². The summed E-state index contributed by atoms with van der Waals surface area (Å²) in [4.78, 5) is 21.5. The van der Waals surface area contributed by atoms with Gasteiger partial charge in [-0.1, -0.05) is 0 Å². The molecule has 1 aliphatic carbocycles. The SMILES string of the molecule is COC(=O)N1CCC(C2CC2CCOc2cc(C#N)nc(C)n2)CC1. The van der Waals surface area contributed by atoms with Gasteiger partial charge in [0.25, 0.3) is 0 Å². The van der Waals surface area contributed by atoms with Crippen LogP contribution in [0.4, 0.5) is 4.79 Å². The fourth-order valence-electron chi connectivity index (χ4n) is 3.81. The minimum Gasteiger partial charge on any atom is -0.478 e. The van der Waals surface area contributed by atoms with Crippen LogP contribution in [0, 0.1) is 36.0 Å². The highest BCUT2D eigenvalue weighted by Crippen LogP contribution is 2.49. The Bertz CT molecular complexity index is 665. The monoisotopic (exact) mass is 344 g/mol. The average Bonchev–Trinajstić information content (AvgIpc) is 3.40. The van der Waals surface area contributed by atoms with Gasteiger partial charge in [-0.3, -0.25) is 0 Å². The highest BCUT2D eigenvalue weighted by Gasteiger charge is 2.43. The summed E-state index contributed by atoms with van der Waals surface area (Å²) in [5.74, 6) is 3.19. The lowest BCUT2D eigenvalue weighted by atomic mass is 9.91. The molecule has 1 aliphatic heterocycles. The van der Waals surface area contributed by atoms with Gasteiger partial charge in [0, 0.05) is 19.2 Å². The number of carbonyl (C=O) groups excluding carboxylic acids is 1. The normalized spacial score (nSPS) is 23.0. The number of aromatic nitrogens is 2. The highest BCUT2D eigenvalue weighted by molar-refractivity contribution is 5.67. The summed E-state index contributed by atoms with van der Waals surface area (Å²) in [7, 11) is 1.43. The van der Waals surface area contributed by atoms with Gasteiger partial charge in [0.1, 0.15) is 17.6 Å². The second-order valence-corrected chi connectivity index (χ2v) is 6.84. The van der Waals surface area contributed by atoms with Crippen molar-refractivity contribution in [3.05, 3.63) is 17.6 Å². The largest absolute Gasteiger partial charge is 0.478 e. The maximum atomic E-state index is 11.5. The zero-order valence-electron chi connectivity index (χ0n) is 14.8. The number of piperidine rings is 1. The smallest absolute Gasteiger partial charge is 0.409 e. The summed E-state index contributed by atoms with van der Waals surface area (Å²) in [5.41, 5.74) is 0.337. The molecule has 2 fully saturated rings. The Morgan fingerprint density at radius 1 is 1.40 bits per heavy atom. The predicted molar refractivity (Wildman–Crippen MR) is 89.9 cm³/mol. The van der Waals surface area contributed by atoms with E-state index in [0.717, 1.165) is 38.3 Å². The van der Waals surface area contributed by atoms with Crippen LogP contribution in [0.3, 0.4) is 0 Å². The van der Waals surface area contributed by atoms with Gasteiger partial charge in [0.05, 0.1) is 13.7 Å². The van der Waals surface area contributed by atoms with Gasteiger partial charge in [-0.05, 0) is 50.4 Å². The molecule has 1 saturated heterocycles. The molecule has 7 heteroatoms. The molecule has 2 unspecified atom stereocenters. The van der Waals surface area contributed by atoms with Crippen molar-refractivity contribution in [2.45, 2.75) is 32.6 Å². The van der Waals surface area contributed by atoms with Crippen LogP contribution in [-0.2, 0) is 4.74 Å². The Labute approximate surface area is 148 Å². The summed E-state index contributed by atoms with van der Waals surface area (Å²) in [6.45, 7) is 3.97. The molecule has 134 valence electrons. The first-order valence-electron chi connectivity index (χ1n) is 8.82. The second-order valence-electron chi connectivity index (χ2n) is 6.84. The number of amides is 1. The zero-order chi connectivity index (χ0) is 17.8. The molecule has 0 radical (unpaired) electrons. The number of likely N-dealkylation sites (tertiary alicyclic amines) is 1. The van der Waals surface area contributed by atoms with Gasteiger partial charge in [0.15, 0.2) is 0 Å². The summed E-state index contributed by atoms with van der Waals surface area (Å²) >= 11 is 0. The van der Waals surface area contributed by atoms with Crippen molar-refractivity contribution in [1.82, 2.24) is 14.9 Å². The molecule has 2 aliphatic rings. The van der Waals surface area contributed by atoms with E-state index in [0.29, 0.717) is 35.8 Å². The number of methoxy groups -OCH3 is 1. The van der Waals surface area contributed by atoms with Gasteiger partial charge in [-0.2, -0.15) is 10.2 Å². The molecule has 0 bridgehead atoms. The number of carbonyl (C=O) groups is 1. The molecule has 3 rings (SSSR count). The van der Waals surface area contributed by atoms with Crippen LogP contribution in [-0.4, -0.2) is 47.8 Å². The molecule has 0 N–H and O–H groups in total. The van der Waals surface area contributed by atoms with Crippen LogP contribution >= 0.6 is 0 Å². The summed E-state index contributed by atoms with van der Waals surface area (Å²) in [6.07, 6.45) is 4.17. The Morgan fingerprint density at radius 3 is 2.84 bits per heavy atom. The summed E-state index contributed by atoms with van der Waals surface area (Å²) in [6, 6.07) is 3.60. The van der Waals surface area contributed by atoms with Gasteiger partial charge in [-0.15, -0.1) is 0 Å². The van der Waals surface area contributed by atoms with Crippen LogP contribution in [0.25, 0.3) is 0 Å². The predicted octanol–water partition coefficient (Wildman–Crippen LogP) is 2.54. The number of nitrogens with zero attached hydrogens (tertiary/aromatic N) is 4. The van der Waals surface area contributed by atoms with Crippen molar-refractivity contribution >= 4 is 6.09 Å². The van der Waals surface area contributed by atoms with E-state index in [9.17, 15) is 4.79 Å². The molecule has 0 spiro atoms. The first-order chi connectivity index (χ1) is 12.1. The molecule has 0 aromatic carbocycles. The first kappa shape index (κ1) is 17.5. The van der Waals surface area contributed by atoms with Crippen molar-refractivity contribution in [3.8, 4) is 11.9 Å². The van der Waals surface area contributed by atoms with E-state index in [2.05, 4.69) is 9.97 Å². The maximum Gasteiger partial charge on any atom is 0.409 e. The van der Waals surface area contributed by atoms with E-state index >= 15 is 0 Å². The molecule has 1 aromatic rings. The fraction of sp³-hybridized carbons (Fsp3) is 0.667. The molecular weight excluding hydrogens is 320 g/mol. The van der Waals surface area contributed by atoms with Gasteiger partial charge < -0.3 is 14.4 Å². The van der Waals surface area contributed by atoms with Crippen LogP contribution in [0.5, 0.6) is 5.88 Å². The van der Waals surface area contributed by atoms with Crippen LogP contribution in [0.2, 0.25) is 0 Å². The zero-order valence-corrected chi connectivity index (χ0v) is 14.8. The molecular formula is C18H24N4O3. The molecule has 2 atom stereocenters. The van der Waals surface area contributed by atoms with Crippen molar-refractivity contribution in [2.24, 2.45) is 17.8 Å². The molecule has 25 heavy (non-hydrogen) atoms.